The molecule has 1 aromatic carbocycles. The molecule has 1 heterocycles. The van der Waals surface area contributed by atoms with Crippen LogP contribution in [-0.2, 0) is 11.9 Å². The van der Waals surface area contributed by atoms with Crippen molar-refractivity contribution in [1.29, 1.82) is 0 Å². The second kappa shape index (κ2) is 6.04. The van der Waals surface area contributed by atoms with Crippen molar-refractivity contribution >= 4 is 44.6 Å². The van der Waals surface area contributed by atoms with Crippen LogP contribution >= 0.6 is 38.9 Å². The quantitative estimate of drug-likeness (QED) is 0.697. The summed E-state index contributed by atoms with van der Waals surface area (Å²) in [7, 11) is 1.95. The van der Waals surface area contributed by atoms with Crippen LogP contribution in [0.3, 0.4) is 0 Å². The van der Waals surface area contributed by atoms with E-state index in [-0.39, 0.29) is 5.82 Å². The highest BCUT2D eigenvalue weighted by atomic mass is 79.9. The maximum atomic E-state index is 13.7. The van der Waals surface area contributed by atoms with Crippen molar-refractivity contribution in [2.75, 3.05) is 11.9 Å². The van der Waals surface area contributed by atoms with Gasteiger partial charge in [0, 0.05) is 28.5 Å². The number of anilines is 1. The van der Waals surface area contributed by atoms with Crippen molar-refractivity contribution in [2.24, 2.45) is 0 Å². The van der Waals surface area contributed by atoms with E-state index in [4.69, 9.17) is 11.6 Å². The Bertz CT molecular complexity index is 544. The van der Waals surface area contributed by atoms with E-state index in [2.05, 4.69) is 15.9 Å². The van der Waals surface area contributed by atoms with Gasteiger partial charge in [-0.15, -0.1) is 11.3 Å². The number of hydrogen-bond donors (Lipinski definition) is 0. The van der Waals surface area contributed by atoms with Gasteiger partial charge in [-0.2, -0.15) is 0 Å². The molecule has 0 bridgehead atoms. The number of rotatable bonds is 4. The van der Waals surface area contributed by atoms with E-state index in [1.807, 2.05) is 30.1 Å². The molecule has 0 radical (unpaired) electrons. The standard InChI is InChI=1S/C13H12BrClFNS/c1-17(8-9-5-6-13(15)18-9)12-4-2-3-11(16)10(12)7-14/h2-6H,7-8H2,1H3. The van der Waals surface area contributed by atoms with Gasteiger partial charge in [0.1, 0.15) is 5.82 Å². The molecule has 0 spiro atoms. The summed E-state index contributed by atoms with van der Waals surface area (Å²) in [6.45, 7) is 0.723. The molecule has 0 saturated carbocycles. The molecular weight excluding hydrogens is 337 g/mol. The predicted molar refractivity (Wildman–Crippen MR) is 80.5 cm³/mol. The van der Waals surface area contributed by atoms with Gasteiger partial charge in [0.05, 0.1) is 10.9 Å². The van der Waals surface area contributed by atoms with Crippen LogP contribution in [-0.4, -0.2) is 7.05 Å². The molecule has 18 heavy (non-hydrogen) atoms. The number of alkyl halides is 1. The van der Waals surface area contributed by atoms with Gasteiger partial charge in [-0.3, -0.25) is 0 Å². The molecule has 1 aromatic heterocycles. The molecule has 2 rings (SSSR count). The van der Waals surface area contributed by atoms with Gasteiger partial charge >= 0.3 is 0 Å². The molecule has 0 fully saturated rings. The molecule has 1 nitrogen and oxygen atoms in total. The van der Waals surface area contributed by atoms with Crippen molar-refractivity contribution in [3.05, 3.63) is 50.9 Å². The zero-order valence-corrected chi connectivity index (χ0v) is 12.9. The lowest BCUT2D eigenvalue weighted by molar-refractivity contribution is 0.617. The van der Waals surface area contributed by atoms with Crippen LogP contribution in [0.15, 0.2) is 30.3 Å². The summed E-state index contributed by atoms with van der Waals surface area (Å²) in [5, 5.41) is 0.505. The first-order valence-corrected chi connectivity index (χ1v) is 7.72. The molecule has 0 unspecified atom stereocenters. The Balaban J connectivity index is 2.23. The average molecular weight is 349 g/mol. The van der Waals surface area contributed by atoms with Crippen LogP contribution in [0.4, 0.5) is 10.1 Å². The van der Waals surface area contributed by atoms with E-state index in [0.29, 0.717) is 10.9 Å². The summed E-state index contributed by atoms with van der Waals surface area (Å²) in [6.07, 6.45) is 0. The summed E-state index contributed by atoms with van der Waals surface area (Å²) in [5.74, 6) is -0.180. The molecule has 96 valence electrons. The maximum Gasteiger partial charge on any atom is 0.129 e. The lowest BCUT2D eigenvalue weighted by atomic mass is 10.1. The number of thiophene rings is 1. The normalized spacial score (nSPS) is 10.7. The van der Waals surface area contributed by atoms with Crippen LogP contribution in [0.5, 0.6) is 0 Å². The highest BCUT2D eigenvalue weighted by Gasteiger charge is 2.11. The van der Waals surface area contributed by atoms with E-state index in [1.54, 1.807) is 17.4 Å². The first kappa shape index (κ1) is 13.8. The van der Waals surface area contributed by atoms with Crippen LogP contribution in [0.1, 0.15) is 10.4 Å². The van der Waals surface area contributed by atoms with Gasteiger partial charge in [0.2, 0.25) is 0 Å². The van der Waals surface area contributed by atoms with E-state index >= 15 is 0 Å². The van der Waals surface area contributed by atoms with Gasteiger partial charge in [-0.1, -0.05) is 33.6 Å². The van der Waals surface area contributed by atoms with Gasteiger partial charge in [-0.05, 0) is 24.3 Å². The van der Waals surface area contributed by atoms with Gasteiger partial charge in [0.15, 0.2) is 0 Å². The molecule has 0 saturated heterocycles. The van der Waals surface area contributed by atoms with Crippen molar-refractivity contribution in [1.82, 2.24) is 0 Å². The Labute approximate surface area is 123 Å². The molecule has 0 amide bonds. The lowest BCUT2D eigenvalue weighted by Crippen LogP contribution is -2.17. The lowest BCUT2D eigenvalue weighted by Gasteiger charge is -2.21. The van der Waals surface area contributed by atoms with Gasteiger partial charge < -0.3 is 4.90 Å². The van der Waals surface area contributed by atoms with E-state index < -0.39 is 0 Å². The molecular formula is C13H12BrClFNS. The molecule has 2 aromatic rings. The second-order valence-electron chi connectivity index (χ2n) is 3.93. The largest absolute Gasteiger partial charge is 0.369 e. The van der Waals surface area contributed by atoms with E-state index in [1.165, 1.54) is 6.07 Å². The first-order chi connectivity index (χ1) is 8.61. The molecule has 0 atom stereocenters. The molecule has 5 heteroatoms. The van der Waals surface area contributed by atoms with Crippen LogP contribution in [0, 0.1) is 5.82 Å². The van der Waals surface area contributed by atoms with Gasteiger partial charge in [-0.25, -0.2) is 4.39 Å². The van der Waals surface area contributed by atoms with E-state index in [0.717, 1.165) is 21.4 Å². The summed E-state index contributed by atoms with van der Waals surface area (Å²) < 4.78 is 14.5. The number of hydrogen-bond acceptors (Lipinski definition) is 2. The average Bonchev–Trinajstić information content (AvgIpc) is 2.74. The fraction of sp³-hybridized carbons (Fsp3) is 0.231. The Morgan fingerprint density at radius 3 is 2.72 bits per heavy atom. The Morgan fingerprint density at radius 2 is 2.11 bits per heavy atom. The van der Waals surface area contributed by atoms with Crippen molar-refractivity contribution in [3.8, 4) is 0 Å². The second-order valence-corrected chi connectivity index (χ2v) is 6.29. The van der Waals surface area contributed by atoms with Crippen LogP contribution in [0.25, 0.3) is 0 Å². The summed E-state index contributed by atoms with van der Waals surface area (Å²) in [5.41, 5.74) is 1.58. The third kappa shape index (κ3) is 3.05. The minimum absolute atomic E-state index is 0.180. The Kier molecular flexibility index (Phi) is 4.65. The van der Waals surface area contributed by atoms with Crippen molar-refractivity contribution in [3.63, 3.8) is 0 Å². The van der Waals surface area contributed by atoms with Crippen LogP contribution in [0.2, 0.25) is 4.34 Å². The smallest absolute Gasteiger partial charge is 0.129 e. The number of nitrogens with zero attached hydrogens (tertiary/aromatic N) is 1. The summed E-state index contributed by atoms with van der Waals surface area (Å²) >= 11 is 10.8. The summed E-state index contributed by atoms with van der Waals surface area (Å²) in [6, 6.07) is 9.02. The number of halogens is 3. The highest BCUT2D eigenvalue weighted by molar-refractivity contribution is 9.08. The first-order valence-electron chi connectivity index (χ1n) is 5.40. The van der Waals surface area contributed by atoms with Crippen molar-refractivity contribution in [2.45, 2.75) is 11.9 Å². The Morgan fingerprint density at radius 1 is 1.33 bits per heavy atom. The van der Waals surface area contributed by atoms with Crippen molar-refractivity contribution < 1.29 is 4.39 Å². The minimum Gasteiger partial charge on any atom is -0.369 e. The maximum absolute atomic E-state index is 13.7. The fourth-order valence-corrected chi connectivity index (χ4v) is 3.49. The van der Waals surface area contributed by atoms with Crippen LogP contribution < -0.4 is 4.90 Å². The summed E-state index contributed by atoms with van der Waals surface area (Å²) in [4.78, 5) is 3.19. The Hall–Kier alpha value is -0.580. The molecule has 0 aliphatic heterocycles. The third-order valence-electron chi connectivity index (χ3n) is 2.66. The monoisotopic (exact) mass is 347 g/mol. The molecule has 0 N–H and O–H groups in total. The third-order valence-corrected chi connectivity index (χ3v) is 4.44. The highest BCUT2D eigenvalue weighted by Crippen LogP contribution is 2.28. The minimum atomic E-state index is -0.180. The molecule has 0 aliphatic carbocycles. The molecule has 0 aliphatic rings. The predicted octanol–water partition coefficient (Wildman–Crippen LogP) is 5.07. The fourth-order valence-electron chi connectivity index (χ4n) is 1.79. The number of benzene rings is 1. The zero-order chi connectivity index (χ0) is 13.1. The zero-order valence-electron chi connectivity index (χ0n) is 9.79. The SMILES string of the molecule is CN(Cc1ccc(Cl)s1)c1cccc(F)c1CBr. The topological polar surface area (TPSA) is 3.24 Å². The van der Waals surface area contributed by atoms with E-state index in [9.17, 15) is 4.39 Å². The van der Waals surface area contributed by atoms with Gasteiger partial charge in [0.25, 0.3) is 0 Å².